The highest BCUT2D eigenvalue weighted by molar-refractivity contribution is 6.17. The van der Waals surface area contributed by atoms with E-state index in [0.717, 1.165) is 88.4 Å². The number of hydrogen-bond acceptors (Lipinski definition) is 5. The molecule has 0 aliphatic heterocycles. The van der Waals surface area contributed by atoms with Crippen molar-refractivity contribution in [2.24, 2.45) is 0 Å². The number of rotatable bonds is 5. The third kappa shape index (κ3) is 5.33. The molecule has 9 aromatic carbocycles. The molecule has 0 bridgehead atoms. The highest BCUT2D eigenvalue weighted by Gasteiger charge is 2.35. The molecule has 13 aromatic rings. The molecular weight excluding hydrogens is 809 g/mol. The molecule has 6 nitrogen and oxygen atoms in total. The van der Waals surface area contributed by atoms with Gasteiger partial charge in [0.2, 0.25) is 0 Å². The quantitative estimate of drug-likeness (QED) is 0.173. The van der Waals surface area contributed by atoms with E-state index in [1.54, 1.807) is 0 Å². The summed E-state index contributed by atoms with van der Waals surface area (Å²) in [7, 11) is 0. The molecule has 0 atom stereocenters. The number of aromatic nitrogens is 4. The standard InChI is InChI=1S/C60H38N4O2/c1-60(2)49-23-9-6-16-39(49)40-29-26-35(32-50(40)60)57-61-58(36-27-30-43-42-18-8-11-25-52(42)65-53(43)33-36)63-59(62-57)37-28-31-44-47-21-13-22-48(56(47)66-54(44)34-37)46-20-12-19-45-41-17-7-10-24-51(41)64(55(45)46)38-14-4-3-5-15-38/h3-34H,1-2H3. The van der Waals surface area contributed by atoms with Gasteiger partial charge in [0, 0.05) is 71.2 Å². The molecule has 0 spiro atoms. The second-order valence-electron chi connectivity index (χ2n) is 17.9. The van der Waals surface area contributed by atoms with Crippen LogP contribution in [0.15, 0.2) is 203 Å². The third-order valence-corrected chi connectivity index (χ3v) is 13.9. The van der Waals surface area contributed by atoms with Crippen molar-refractivity contribution in [1.29, 1.82) is 0 Å². The number of para-hydroxylation sites is 5. The summed E-state index contributed by atoms with van der Waals surface area (Å²) in [5, 5.41) is 6.61. The van der Waals surface area contributed by atoms with Gasteiger partial charge in [-0.15, -0.1) is 0 Å². The fraction of sp³-hybridized carbons (Fsp3) is 0.0500. The molecule has 4 aromatic heterocycles. The molecule has 0 unspecified atom stereocenters. The Morgan fingerprint density at radius 3 is 1.71 bits per heavy atom. The predicted octanol–water partition coefficient (Wildman–Crippen LogP) is 15.7. The van der Waals surface area contributed by atoms with Gasteiger partial charge < -0.3 is 13.4 Å². The number of furan rings is 2. The Morgan fingerprint density at radius 1 is 0.379 bits per heavy atom. The van der Waals surface area contributed by atoms with Crippen molar-refractivity contribution in [1.82, 2.24) is 19.5 Å². The molecule has 1 aliphatic carbocycles. The molecule has 0 fully saturated rings. The average Bonchev–Trinajstić information content (AvgIpc) is 4.10. The minimum atomic E-state index is -0.179. The van der Waals surface area contributed by atoms with Crippen molar-refractivity contribution in [2.45, 2.75) is 19.3 Å². The van der Waals surface area contributed by atoms with Gasteiger partial charge in [-0.25, -0.2) is 15.0 Å². The molecule has 0 saturated heterocycles. The lowest BCUT2D eigenvalue weighted by molar-refractivity contribution is 0.660. The van der Waals surface area contributed by atoms with Gasteiger partial charge in [0.05, 0.1) is 11.0 Å². The van der Waals surface area contributed by atoms with Crippen molar-refractivity contribution < 1.29 is 8.83 Å². The maximum Gasteiger partial charge on any atom is 0.164 e. The Labute approximate surface area is 379 Å². The van der Waals surface area contributed by atoms with Crippen molar-refractivity contribution in [2.75, 3.05) is 0 Å². The maximum absolute atomic E-state index is 6.99. The summed E-state index contributed by atoms with van der Waals surface area (Å²) in [6, 6.07) is 68.3. The fourth-order valence-corrected chi connectivity index (χ4v) is 10.7. The fourth-order valence-electron chi connectivity index (χ4n) is 10.7. The molecule has 310 valence electrons. The zero-order valence-corrected chi connectivity index (χ0v) is 36.1. The number of benzene rings is 9. The molecule has 14 rings (SSSR count). The Balaban J connectivity index is 0.947. The first-order chi connectivity index (χ1) is 32.5. The summed E-state index contributed by atoms with van der Waals surface area (Å²) in [5.74, 6) is 1.72. The molecule has 1 aliphatic rings. The number of hydrogen-bond donors (Lipinski definition) is 0. The lowest BCUT2D eigenvalue weighted by Gasteiger charge is -2.21. The van der Waals surface area contributed by atoms with Gasteiger partial charge in [-0.3, -0.25) is 0 Å². The second-order valence-corrected chi connectivity index (χ2v) is 17.9. The Bertz CT molecular complexity index is 4150. The highest BCUT2D eigenvalue weighted by atomic mass is 16.3. The van der Waals surface area contributed by atoms with Crippen LogP contribution in [-0.4, -0.2) is 19.5 Å². The van der Waals surface area contributed by atoms with Crippen LogP contribution in [0.2, 0.25) is 0 Å². The number of nitrogens with zero attached hydrogens (tertiary/aromatic N) is 4. The van der Waals surface area contributed by atoms with E-state index in [0.29, 0.717) is 17.5 Å². The molecule has 6 heteroatoms. The zero-order chi connectivity index (χ0) is 43.7. The predicted molar refractivity (Wildman–Crippen MR) is 268 cm³/mol. The van der Waals surface area contributed by atoms with Crippen molar-refractivity contribution in [3.05, 3.63) is 205 Å². The van der Waals surface area contributed by atoms with Crippen LogP contribution in [0.5, 0.6) is 0 Å². The van der Waals surface area contributed by atoms with E-state index in [9.17, 15) is 0 Å². The van der Waals surface area contributed by atoms with E-state index in [2.05, 4.69) is 188 Å². The summed E-state index contributed by atoms with van der Waals surface area (Å²) >= 11 is 0. The van der Waals surface area contributed by atoms with Crippen LogP contribution < -0.4 is 0 Å². The Morgan fingerprint density at radius 2 is 0.924 bits per heavy atom. The number of fused-ring (bicyclic) bond motifs is 12. The van der Waals surface area contributed by atoms with Gasteiger partial charge in [0.25, 0.3) is 0 Å². The van der Waals surface area contributed by atoms with Crippen LogP contribution in [-0.2, 0) is 5.41 Å². The lowest BCUT2D eigenvalue weighted by atomic mass is 9.82. The molecule has 0 N–H and O–H groups in total. The summed E-state index contributed by atoms with van der Waals surface area (Å²) in [5.41, 5.74) is 16.3. The minimum Gasteiger partial charge on any atom is -0.456 e. The summed E-state index contributed by atoms with van der Waals surface area (Å²) < 4.78 is 15.7. The van der Waals surface area contributed by atoms with Gasteiger partial charge in [-0.1, -0.05) is 153 Å². The van der Waals surface area contributed by atoms with Crippen LogP contribution in [0.3, 0.4) is 0 Å². The van der Waals surface area contributed by atoms with Crippen molar-refractivity contribution in [3.8, 4) is 62.1 Å². The van der Waals surface area contributed by atoms with E-state index in [4.69, 9.17) is 23.8 Å². The van der Waals surface area contributed by atoms with Crippen LogP contribution in [0.1, 0.15) is 25.0 Å². The SMILES string of the molecule is CC1(C)c2ccccc2-c2ccc(-c3nc(-c4ccc5c(c4)oc4ccccc45)nc(-c4ccc5c(c4)oc4c(-c6cccc7c8ccccc8n(-c8ccccc8)c67)cccc45)n3)cc21. The first kappa shape index (κ1) is 36.8. The van der Waals surface area contributed by atoms with E-state index in [1.807, 2.05) is 24.3 Å². The second kappa shape index (κ2) is 13.7. The van der Waals surface area contributed by atoms with Gasteiger partial charge >= 0.3 is 0 Å². The lowest BCUT2D eigenvalue weighted by Crippen LogP contribution is -2.15. The largest absolute Gasteiger partial charge is 0.456 e. The summed E-state index contributed by atoms with van der Waals surface area (Å²) in [4.78, 5) is 15.7. The summed E-state index contributed by atoms with van der Waals surface area (Å²) in [6.07, 6.45) is 0. The highest BCUT2D eigenvalue weighted by Crippen LogP contribution is 2.50. The van der Waals surface area contributed by atoms with E-state index in [-0.39, 0.29) is 5.41 Å². The van der Waals surface area contributed by atoms with Crippen LogP contribution in [0.25, 0.3) is 128 Å². The molecular formula is C60H38N4O2. The molecule has 4 heterocycles. The van der Waals surface area contributed by atoms with E-state index < -0.39 is 0 Å². The van der Waals surface area contributed by atoms with E-state index in [1.165, 1.54) is 33.0 Å². The van der Waals surface area contributed by atoms with Crippen LogP contribution in [0.4, 0.5) is 0 Å². The van der Waals surface area contributed by atoms with Gasteiger partial charge in [-0.2, -0.15) is 0 Å². The van der Waals surface area contributed by atoms with Gasteiger partial charge in [0.15, 0.2) is 17.5 Å². The molecule has 66 heavy (non-hydrogen) atoms. The first-order valence-electron chi connectivity index (χ1n) is 22.4. The Kier molecular flexibility index (Phi) is 7.64. The molecule has 0 saturated carbocycles. The topological polar surface area (TPSA) is 69.9 Å². The minimum absolute atomic E-state index is 0.179. The van der Waals surface area contributed by atoms with Crippen molar-refractivity contribution in [3.63, 3.8) is 0 Å². The molecule has 0 radical (unpaired) electrons. The van der Waals surface area contributed by atoms with E-state index >= 15 is 0 Å². The first-order valence-corrected chi connectivity index (χ1v) is 22.4. The van der Waals surface area contributed by atoms with Gasteiger partial charge in [0.1, 0.15) is 22.3 Å². The zero-order valence-electron chi connectivity index (χ0n) is 36.1. The average molecular weight is 847 g/mol. The molecule has 0 amide bonds. The van der Waals surface area contributed by atoms with Crippen LogP contribution in [0, 0.1) is 0 Å². The van der Waals surface area contributed by atoms with Crippen LogP contribution >= 0.6 is 0 Å². The summed E-state index contributed by atoms with van der Waals surface area (Å²) in [6.45, 7) is 4.59. The van der Waals surface area contributed by atoms with Gasteiger partial charge in [-0.05, 0) is 76.9 Å². The third-order valence-electron chi connectivity index (χ3n) is 13.9. The Hall–Kier alpha value is -8.61. The smallest absolute Gasteiger partial charge is 0.164 e. The normalized spacial score (nSPS) is 13.1. The maximum atomic E-state index is 6.99. The monoisotopic (exact) mass is 846 g/mol. The van der Waals surface area contributed by atoms with Crippen molar-refractivity contribution >= 4 is 65.7 Å².